The van der Waals surface area contributed by atoms with Gasteiger partial charge in [0.15, 0.2) is 0 Å². The SMILES string of the molecule is CC(N)C(C)C(=O)N1CC(O)(C2CC2)C1. The third-order valence-electron chi connectivity index (χ3n) is 3.76. The van der Waals surface area contributed by atoms with Crippen molar-refractivity contribution in [2.24, 2.45) is 17.6 Å². The lowest BCUT2D eigenvalue weighted by atomic mass is 9.87. The number of carbonyl (C=O) groups is 1. The van der Waals surface area contributed by atoms with Crippen LogP contribution in [0.5, 0.6) is 0 Å². The van der Waals surface area contributed by atoms with Crippen LogP contribution in [-0.2, 0) is 4.79 Å². The molecule has 1 aliphatic carbocycles. The van der Waals surface area contributed by atoms with Gasteiger partial charge in [0, 0.05) is 6.04 Å². The smallest absolute Gasteiger partial charge is 0.227 e. The zero-order valence-corrected chi connectivity index (χ0v) is 9.44. The zero-order valence-electron chi connectivity index (χ0n) is 9.44. The first-order chi connectivity index (χ1) is 6.94. The number of rotatable bonds is 3. The molecule has 1 aliphatic heterocycles. The number of nitrogens with zero attached hydrogens (tertiary/aromatic N) is 1. The Morgan fingerprint density at radius 3 is 2.40 bits per heavy atom. The molecule has 2 unspecified atom stereocenters. The van der Waals surface area contributed by atoms with Crippen LogP contribution in [0, 0.1) is 11.8 Å². The molecule has 15 heavy (non-hydrogen) atoms. The highest BCUT2D eigenvalue weighted by molar-refractivity contribution is 5.80. The lowest BCUT2D eigenvalue weighted by Crippen LogP contribution is -2.66. The molecule has 0 aromatic heterocycles. The summed E-state index contributed by atoms with van der Waals surface area (Å²) in [5.74, 6) is 0.372. The van der Waals surface area contributed by atoms with Gasteiger partial charge in [0.1, 0.15) is 5.60 Å². The van der Waals surface area contributed by atoms with Crippen LogP contribution < -0.4 is 5.73 Å². The molecule has 4 nitrogen and oxygen atoms in total. The van der Waals surface area contributed by atoms with E-state index >= 15 is 0 Å². The molecule has 2 atom stereocenters. The van der Waals surface area contributed by atoms with Gasteiger partial charge in [-0.3, -0.25) is 4.79 Å². The Morgan fingerprint density at radius 2 is 2.00 bits per heavy atom. The van der Waals surface area contributed by atoms with Crippen molar-refractivity contribution in [3.8, 4) is 0 Å². The lowest BCUT2D eigenvalue weighted by Gasteiger charge is -2.48. The maximum atomic E-state index is 11.8. The molecule has 1 amide bonds. The topological polar surface area (TPSA) is 66.6 Å². The largest absolute Gasteiger partial charge is 0.386 e. The van der Waals surface area contributed by atoms with Gasteiger partial charge >= 0.3 is 0 Å². The summed E-state index contributed by atoms with van der Waals surface area (Å²) < 4.78 is 0. The molecule has 1 saturated carbocycles. The Morgan fingerprint density at radius 1 is 1.47 bits per heavy atom. The normalized spacial score (nSPS) is 28.1. The summed E-state index contributed by atoms with van der Waals surface area (Å²) in [5, 5.41) is 10.1. The van der Waals surface area contributed by atoms with Crippen LogP contribution in [-0.4, -0.2) is 40.6 Å². The molecule has 0 spiro atoms. The fraction of sp³-hybridized carbons (Fsp3) is 0.909. The number of β-amino-alcohol motifs (C(OH)–C–C–N with tert-alkyl or cyclic N) is 1. The van der Waals surface area contributed by atoms with E-state index in [2.05, 4.69) is 0 Å². The van der Waals surface area contributed by atoms with Crippen molar-refractivity contribution in [1.82, 2.24) is 4.90 Å². The van der Waals surface area contributed by atoms with Crippen LogP contribution in [0.4, 0.5) is 0 Å². The van der Waals surface area contributed by atoms with Gasteiger partial charge in [-0.25, -0.2) is 0 Å². The monoisotopic (exact) mass is 212 g/mol. The van der Waals surface area contributed by atoms with Crippen LogP contribution in [0.1, 0.15) is 26.7 Å². The third-order valence-corrected chi connectivity index (χ3v) is 3.76. The van der Waals surface area contributed by atoms with Crippen LogP contribution >= 0.6 is 0 Å². The molecule has 2 aliphatic rings. The standard InChI is InChI=1S/C11H20N2O2/c1-7(8(2)12)10(14)13-5-11(15,6-13)9-3-4-9/h7-9,15H,3-6,12H2,1-2H3. The van der Waals surface area contributed by atoms with E-state index in [1.165, 1.54) is 0 Å². The second-order valence-electron chi connectivity index (χ2n) is 5.22. The Balaban J connectivity index is 1.85. The quantitative estimate of drug-likeness (QED) is 0.689. The summed E-state index contributed by atoms with van der Waals surface area (Å²) in [5.41, 5.74) is 5.11. The summed E-state index contributed by atoms with van der Waals surface area (Å²) in [6.07, 6.45) is 2.22. The number of aliphatic hydroxyl groups is 1. The second-order valence-corrected chi connectivity index (χ2v) is 5.22. The Hall–Kier alpha value is -0.610. The van der Waals surface area contributed by atoms with E-state index in [0.717, 1.165) is 12.8 Å². The summed E-state index contributed by atoms with van der Waals surface area (Å²) in [6, 6.07) is -0.118. The molecule has 1 saturated heterocycles. The molecular weight excluding hydrogens is 192 g/mol. The van der Waals surface area contributed by atoms with Gasteiger partial charge in [-0.1, -0.05) is 6.92 Å². The van der Waals surface area contributed by atoms with Crippen molar-refractivity contribution in [3.63, 3.8) is 0 Å². The molecule has 86 valence electrons. The maximum Gasteiger partial charge on any atom is 0.227 e. The zero-order chi connectivity index (χ0) is 11.2. The highest BCUT2D eigenvalue weighted by atomic mass is 16.3. The summed E-state index contributed by atoms with van der Waals surface area (Å²) in [6.45, 7) is 4.71. The van der Waals surface area contributed by atoms with Crippen molar-refractivity contribution in [2.75, 3.05) is 13.1 Å². The number of carbonyl (C=O) groups excluding carboxylic acids is 1. The van der Waals surface area contributed by atoms with Gasteiger partial charge in [0.2, 0.25) is 5.91 Å². The van der Waals surface area contributed by atoms with E-state index in [1.807, 2.05) is 13.8 Å². The van der Waals surface area contributed by atoms with E-state index in [1.54, 1.807) is 4.90 Å². The van der Waals surface area contributed by atoms with Crippen molar-refractivity contribution < 1.29 is 9.90 Å². The predicted molar refractivity (Wildman–Crippen MR) is 57.1 cm³/mol. The van der Waals surface area contributed by atoms with E-state index in [4.69, 9.17) is 5.73 Å². The Kier molecular flexibility index (Phi) is 2.51. The van der Waals surface area contributed by atoms with Crippen LogP contribution in [0.15, 0.2) is 0 Å². The number of amides is 1. The average molecular weight is 212 g/mol. The minimum absolute atomic E-state index is 0.0790. The fourth-order valence-electron chi connectivity index (χ4n) is 2.16. The molecule has 2 fully saturated rings. The van der Waals surface area contributed by atoms with Crippen molar-refractivity contribution in [3.05, 3.63) is 0 Å². The first kappa shape index (κ1) is 10.9. The first-order valence-electron chi connectivity index (χ1n) is 5.71. The number of hydrogen-bond acceptors (Lipinski definition) is 3. The molecular formula is C11H20N2O2. The molecule has 0 bridgehead atoms. The molecule has 1 heterocycles. The summed E-state index contributed by atoms with van der Waals surface area (Å²) in [7, 11) is 0. The molecule has 0 radical (unpaired) electrons. The van der Waals surface area contributed by atoms with Crippen LogP contribution in [0.3, 0.4) is 0 Å². The number of likely N-dealkylation sites (tertiary alicyclic amines) is 1. The number of hydrogen-bond donors (Lipinski definition) is 2. The van der Waals surface area contributed by atoms with Gasteiger partial charge in [-0.05, 0) is 25.7 Å². The van der Waals surface area contributed by atoms with Crippen LogP contribution in [0.2, 0.25) is 0 Å². The number of nitrogens with two attached hydrogens (primary N) is 1. The van der Waals surface area contributed by atoms with Gasteiger partial charge in [0.25, 0.3) is 0 Å². The molecule has 4 heteroatoms. The molecule has 2 rings (SSSR count). The molecule has 0 aromatic rings. The van der Waals surface area contributed by atoms with Crippen molar-refractivity contribution in [1.29, 1.82) is 0 Å². The lowest BCUT2D eigenvalue weighted by molar-refractivity contribution is -0.163. The Bertz CT molecular complexity index is 268. The Labute approximate surface area is 90.4 Å². The first-order valence-corrected chi connectivity index (χ1v) is 5.71. The van der Waals surface area contributed by atoms with Gasteiger partial charge in [0.05, 0.1) is 19.0 Å². The van der Waals surface area contributed by atoms with E-state index in [-0.39, 0.29) is 17.9 Å². The predicted octanol–water partition coefficient (Wildman–Crippen LogP) is -0.0470. The van der Waals surface area contributed by atoms with E-state index < -0.39 is 5.60 Å². The minimum Gasteiger partial charge on any atom is -0.386 e. The highest BCUT2D eigenvalue weighted by Gasteiger charge is 2.53. The third kappa shape index (κ3) is 1.88. The van der Waals surface area contributed by atoms with Crippen LogP contribution in [0.25, 0.3) is 0 Å². The molecule has 0 aromatic carbocycles. The van der Waals surface area contributed by atoms with Gasteiger partial charge < -0.3 is 15.7 Å². The maximum absolute atomic E-state index is 11.8. The second kappa shape index (κ2) is 3.46. The molecule has 3 N–H and O–H groups in total. The van der Waals surface area contributed by atoms with Gasteiger partial charge in [-0.2, -0.15) is 0 Å². The highest BCUT2D eigenvalue weighted by Crippen LogP contribution is 2.44. The van der Waals surface area contributed by atoms with E-state index in [0.29, 0.717) is 19.0 Å². The van der Waals surface area contributed by atoms with Crippen molar-refractivity contribution in [2.45, 2.75) is 38.3 Å². The average Bonchev–Trinajstić information content (AvgIpc) is 2.93. The minimum atomic E-state index is -0.576. The summed E-state index contributed by atoms with van der Waals surface area (Å²) in [4.78, 5) is 13.6. The van der Waals surface area contributed by atoms with E-state index in [9.17, 15) is 9.90 Å². The van der Waals surface area contributed by atoms with Gasteiger partial charge in [-0.15, -0.1) is 0 Å². The fourth-order valence-corrected chi connectivity index (χ4v) is 2.16. The van der Waals surface area contributed by atoms with Crippen molar-refractivity contribution >= 4 is 5.91 Å². The summed E-state index contributed by atoms with van der Waals surface area (Å²) >= 11 is 0.